The summed E-state index contributed by atoms with van der Waals surface area (Å²) in [5, 5.41) is 2.20. The highest BCUT2D eigenvalue weighted by Crippen LogP contribution is 2.20. The molecule has 0 amide bonds. The number of aromatic nitrogens is 1. The number of nitrogens with zero attached hydrogens (tertiary/aromatic N) is 1. The Morgan fingerprint density at radius 3 is 2.93 bits per heavy atom. The zero-order chi connectivity index (χ0) is 9.97. The summed E-state index contributed by atoms with van der Waals surface area (Å²) in [6.07, 6.45) is 1.97. The minimum absolute atomic E-state index is 0.520. The van der Waals surface area contributed by atoms with Gasteiger partial charge < -0.3 is 0 Å². The van der Waals surface area contributed by atoms with Gasteiger partial charge in [-0.15, -0.1) is 0 Å². The Balaban J connectivity index is 2.51. The minimum Gasteiger partial charge on any atom is -0.256 e. The van der Waals surface area contributed by atoms with Gasteiger partial charge in [0.05, 0.1) is 5.52 Å². The Kier molecular flexibility index (Phi) is 2.82. The molecule has 1 atom stereocenters. The molecule has 1 heterocycles. The number of alkyl halides is 1. The molecule has 1 aromatic carbocycles. The lowest BCUT2D eigenvalue weighted by Crippen LogP contribution is -1.95. The van der Waals surface area contributed by atoms with Crippen LogP contribution in [0.3, 0.4) is 0 Å². The van der Waals surface area contributed by atoms with Crippen molar-refractivity contribution in [3.05, 3.63) is 42.1 Å². The number of para-hydroxylation sites is 1. The lowest BCUT2D eigenvalue weighted by atomic mass is 10.0. The Morgan fingerprint density at radius 2 is 2.14 bits per heavy atom. The molecule has 14 heavy (non-hydrogen) atoms. The van der Waals surface area contributed by atoms with Crippen LogP contribution in [0.1, 0.15) is 18.4 Å². The molecule has 2 rings (SSSR count). The molecule has 1 nitrogen and oxygen atoms in total. The Hall–Kier alpha value is -0.890. The van der Waals surface area contributed by atoms with E-state index in [1.807, 2.05) is 24.4 Å². The topological polar surface area (TPSA) is 12.9 Å². The van der Waals surface area contributed by atoms with Crippen molar-refractivity contribution in [3.8, 4) is 0 Å². The van der Waals surface area contributed by atoms with Crippen LogP contribution < -0.4 is 0 Å². The molecule has 2 heteroatoms. The van der Waals surface area contributed by atoms with Crippen LogP contribution in [0.15, 0.2) is 36.5 Å². The second-order valence-corrected chi connectivity index (χ2v) is 4.16. The first-order chi connectivity index (χ1) is 6.81. The maximum absolute atomic E-state index is 4.43. The molecule has 0 saturated carbocycles. The summed E-state index contributed by atoms with van der Waals surface area (Å²) in [6, 6.07) is 10.4. The summed E-state index contributed by atoms with van der Waals surface area (Å²) < 4.78 is 0. The molecule has 0 fully saturated rings. The monoisotopic (exact) mass is 249 g/mol. The van der Waals surface area contributed by atoms with Gasteiger partial charge in [-0.05, 0) is 23.6 Å². The van der Waals surface area contributed by atoms with Crippen molar-refractivity contribution < 1.29 is 0 Å². The van der Waals surface area contributed by atoms with E-state index in [2.05, 4.69) is 40.0 Å². The largest absolute Gasteiger partial charge is 0.256 e. The molecule has 2 aromatic rings. The predicted octanol–water partition coefficient (Wildman–Crippen LogP) is 3.73. The van der Waals surface area contributed by atoms with Crippen LogP contribution in [-0.4, -0.2) is 10.3 Å². The first-order valence-electron chi connectivity index (χ1n) is 4.72. The van der Waals surface area contributed by atoms with Crippen molar-refractivity contribution in [2.45, 2.75) is 12.8 Å². The van der Waals surface area contributed by atoms with Crippen molar-refractivity contribution in [1.29, 1.82) is 0 Å². The third-order valence-corrected chi connectivity index (χ3v) is 3.38. The van der Waals surface area contributed by atoms with E-state index >= 15 is 0 Å². The number of pyridine rings is 1. The van der Waals surface area contributed by atoms with Crippen molar-refractivity contribution in [1.82, 2.24) is 4.98 Å². The van der Waals surface area contributed by atoms with E-state index in [0.29, 0.717) is 5.92 Å². The van der Waals surface area contributed by atoms with Crippen molar-refractivity contribution in [2.75, 3.05) is 5.33 Å². The van der Waals surface area contributed by atoms with Crippen LogP contribution in [0.25, 0.3) is 10.9 Å². The van der Waals surface area contributed by atoms with E-state index in [0.717, 1.165) is 10.8 Å². The van der Waals surface area contributed by atoms with E-state index in [9.17, 15) is 0 Å². The second-order valence-electron chi connectivity index (χ2n) is 3.52. The quantitative estimate of drug-likeness (QED) is 0.740. The average molecular weight is 250 g/mol. The van der Waals surface area contributed by atoms with E-state index in [1.54, 1.807) is 0 Å². The number of fused-ring (bicyclic) bond motifs is 1. The van der Waals surface area contributed by atoms with E-state index in [-0.39, 0.29) is 0 Å². The van der Waals surface area contributed by atoms with Crippen LogP contribution in [0.2, 0.25) is 0 Å². The van der Waals surface area contributed by atoms with Crippen LogP contribution in [0, 0.1) is 0 Å². The molecule has 0 aliphatic rings. The first kappa shape index (κ1) is 9.66. The third-order valence-electron chi connectivity index (χ3n) is 2.41. The van der Waals surface area contributed by atoms with Gasteiger partial charge in [0, 0.05) is 16.9 Å². The average Bonchev–Trinajstić information content (AvgIpc) is 2.27. The van der Waals surface area contributed by atoms with Crippen LogP contribution in [0.5, 0.6) is 0 Å². The molecule has 0 aliphatic heterocycles. The van der Waals surface area contributed by atoms with Gasteiger partial charge in [0.25, 0.3) is 0 Å². The molecule has 1 unspecified atom stereocenters. The van der Waals surface area contributed by atoms with Gasteiger partial charge in [-0.1, -0.05) is 41.1 Å². The molecule has 1 aromatic heterocycles. The fourth-order valence-corrected chi connectivity index (χ4v) is 1.82. The standard InChI is InChI=1S/C12H12BrN/c1-9(7-13)11-6-10-4-2-3-5-12(10)14-8-11/h2-6,8-9H,7H2,1H3. The summed E-state index contributed by atoms with van der Waals surface area (Å²) in [5.74, 6) is 0.520. The Bertz CT molecular complexity index is 439. The highest BCUT2D eigenvalue weighted by Gasteiger charge is 2.04. The SMILES string of the molecule is CC(CBr)c1cnc2ccccc2c1. The lowest BCUT2D eigenvalue weighted by molar-refractivity contribution is 0.883. The first-order valence-corrected chi connectivity index (χ1v) is 5.84. The van der Waals surface area contributed by atoms with Gasteiger partial charge in [-0.3, -0.25) is 4.98 Å². The maximum Gasteiger partial charge on any atom is 0.0702 e. The lowest BCUT2D eigenvalue weighted by Gasteiger charge is -2.08. The molecular formula is C12H12BrN. The highest BCUT2D eigenvalue weighted by atomic mass is 79.9. The van der Waals surface area contributed by atoms with Gasteiger partial charge in [0.2, 0.25) is 0 Å². The number of rotatable bonds is 2. The Labute approximate surface area is 92.3 Å². The molecule has 0 aliphatic carbocycles. The number of hydrogen-bond acceptors (Lipinski definition) is 1. The predicted molar refractivity (Wildman–Crippen MR) is 64.0 cm³/mol. The normalized spacial score (nSPS) is 13.0. The Morgan fingerprint density at radius 1 is 1.36 bits per heavy atom. The van der Waals surface area contributed by atoms with Gasteiger partial charge in [0.1, 0.15) is 0 Å². The summed E-state index contributed by atoms with van der Waals surface area (Å²) in [6.45, 7) is 2.19. The summed E-state index contributed by atoms with van der Waals surface area (Å²) >= 11 is 3.49. The minimum atomic E-state index is 0.520. The molecule has 0 radical (unpaired) electrons. The highest BCUT2D eigenvalue weighted by molar-refractivity contribution is 9.09. The van der Waals surface area contributed by atoms with Gasteiger partial charge in [-0.25, -0.2) is 0 Å². The third kappa shape index (κ3) is 1.80. The molecule has 72 valence electrons. The fourth-order valence-electron chi connectivity index (χ4n) is 1.45. The fraction of sp³-hybridized carbons (Fsp3) is 0.250. The van der Waals surface area contributed by atoms with Crippen LogP contribution >= 0.6 is 15.9 Å². The van der Waals surface area contributed by atoms with Crippen molar-refractivity contribution >= 4 is 26.8 Å². The van der Waals surface area contributed by atoms with Crippen molar-refractivity contribution in [2.24, 2.45) is 0 Å². The molecule has 0 N–H and O–H groups in total. The van der Waals surface area contributed by atoms with Crippen LogP contribution in [0.4, 0.5) is 0 Å². The molecule has 0 spiro atoms. The number of halogens is 1. The number of benzene rings is 1. The zero-order valence-electron chi connectivity index (χ0n) is 8.07. The summed E-state index contributed by atoms with van der Waals surface area (Å²) in [5.41, 5.74) is 2.36. The van der Waals surface area contributed by atoms with Gasteiger partial charge in [0.15, 0.2) is 0 Å². The van der Waals surface area contributed by atoms with E-state index in [4.69, 9.17) is 0 Å². The van der Waals surface area contributed by atoms with Gasteiger partial charge in [-0.2, -0.15) is 0 Å². The second kappa shape index (κ2) is 4.09. The number of hydrogen-bond donors (Lipinski definition) is 0. The smallest absolute Gasteiger partial charge is 0.0702 e. The summed E-state index contributed by atoms with van der Waals surface area (Å²) in [4.78, 5) is 4.43. The van der Waals surface area contributed by atoms with Crippen molar-refractivity contribution in [3.63, 3.8) is 0 Å². The van der Waals surface area contributed by atoms with E-state index < -0.39 is 0 Å². The van der Waals surface area contributed by atoms with E-state index in [1.165, 1.54) is 10.9 Å². The zero-order valence-corrected chi connectivity index (χ0v) is 9.66. The maximum atomic E-state index is 4.43. The molecule has 0 bridgehead atoms. The van der Waals surface area contributed by atoms with Crippen LogP contribution in [-0.2, 0) is 0 Å². The molecule has 0 saturated heterocycles. The van der Waals surface area contributed by atoms with Gasteiger partial charge >= 0.3 is 0 Å². The molecular weight excluding hydrogens is 238 g/mol. The summed E-state index contributed by atoms with van der Waals surface area (Å²) in [7, 11) is 0.